The van der Waals surface area contributed by atoms with Crippen molar-refractivity contribution in [1.82, 2.24) is 0 Å². The quantitative estimate of drug-likeness (QED) is 0.236. The van der Waals surface area contributed by atoms with Gasteiger partial charge in [0, 0.05) is 0 Å². The van der Waals surface area contributed by atoms with Crippen LogP contribution < -0.4 is 0 Å². The molecule has 22 heavy (non-hydrogen) atoms. The molecule has 0 saturated heterocycles. The Balaban J connectivity index is 0.000000604. The van der Waals surface area contributed by atoms with Crippen LogP contribution in [0.2, 0.25) is 0 Å². The van der Waals surface area contributed by atoms with Gasteiger partial charge >= 0.3 is 0 Å². The van der Waals surface area contributed by atoms with Crippen LogP contribution in [0, 0.1) is 0 Å². The molecule has 0 amide bonds. The Hall–Kier alpha value is -0.260. The fraction of sp³-hybridized carbons (Fsp3) is 0.909. The summed E-state index contributed by atoms with van der Waals surface area (Å²) in [6, 6.07) is 0. The lowest BCUT2D eigenvalue weighted by atomic mass is 10.0. The van der Waals surface area contributed by atoms with E-state index < -0.39 is 0 Å². The minimum absolute atomic E-state index is 1.32. The molecule has 1 aliphatic carbocycles. The Labute approximate surface area is 142 Å². The predicted molar refractivity (Wildman–Crippen MR) is 104 cm³/mol. The highest BCUT2D eigenvalue weighted by Crippen LogP contribution is 2.12. The average Bonchev–Trinajstić information content (AvgIpc) is 2.58. The van der Waals surface area contributed by atoms with Crippen LogP contribution in [0.5, 0.6) is 0 Å². The van der Waals surface area contributed by atoms with Crippen molar-refractivity contribution in [1.29, 1.82) is 0 Å². The molecule has 0 aromatic rings. The van der Waals surface area contributed by atoms with E-state index >= 15 is 0 Å². The van der Waals surface area contributed by atoms with E-state index in [1.165, 1.54) is 116 Å². The first-order chi connectivity index (χ1) is 10.9. The van der Waals surface area contributed by atoms with E-state index in [-0.39, 0.29) is 0 Å². The molecule has 0 radical (unpaired) electrons. The molecule has 0 aromatic carbocycles. The third-order valence-electron chi connectivity index (χ3n) is 4.62. The van der Waals surface area contributed by atoms with Crippen molar-refractivity contribution in [2.24, 2.45) is 0 Å². The lowest BCUT2D eigenvalue weighted by molar-refractivity contribution is 0.538. The molecule has 132 valence electrons. The van der Waals surface area contributed by atoms with Crippen LogP contribution >= 0.6 is 0 Å². The molecule has 0 heteroatoms. The highest BCUT2D eigenvalue weighted by atomic mass is 14.0. The van der Waals surface area contributed by atoms with Gasteiger partial charge in [0.25, 0.3) is 0 Å². The molecule has 0 fully saturated rings. The Morgan fingerprint density at radius 3 is 0.909 bits per heavy atom. The maximum atomic E-state index is 2.29. The van der Waals surface area contributed by atoms with Crippen LogP contribution in [0.3, 0.4) is 0 Å². The summed E-state index contributed by atoms with van der Waals surface area (Å²) in [6.45, 7) is 4.58. The van der Waals surface area contributed by atoms with Crippen LogP contribution in [0.15, 0.2) is 12.2 Å². The fourth-order valence-electron chi connectivity index (χ4n) is 3.03. The van der Waals surface area contributed by atoms with Gasteiger partial charge in [-0.2, -0.15) is 0 Å². The van der Waals surface area contributed by atoms with Crippen LogP contribution in [0.4, 0.5) is 0 Å². The summed E-state index contributed by atoms with van der Waals surface area (Å²) in [4.78, 5) is 0. The van der Waals surface area contributed by atoms with E-state index in [4.69, 9.17) is 0 Å². The van der Waals surface area contributed by atoms with Crippen LogP contribution in [0.1, 0.15) is 129 Å². The van der Waals surface area contributed by atoms with Gasteiger partial charge in [-0.1, -0.05) is 116 Å². The fourth-order valence-corrected chi connectivity index (χ4v) is 3.03. The van der Waals surface area contributed by atoms with Crippen LogP contribution in [-0.2, 0) is 0 Å². The van der Waals surface area contributed by atoms with Crippen molar-refractivity contribution in [2.75, 3.05) is 0 Å². The molecule has 1 aliphatic rings. The minimum Gasteiger partial charge on any atom is -0.0885 e. The Kier molecular flexibility index (Phi) is 20.5. The van der Waals surface area contributed by atoms with E-state index in [1.54, 1.807) is 0 Å². The van der Waals surface area contributed by atoms with Gasteiger partial charge in [0.15, 0.2) is 0 Å². The topological polar surface area (TPSA) is 0 Å². The second-order valence-electron chi connectivity index (χ2n) is 7.00. The van der Waals surface area contributed by atoms with E-state index in [1.807, 2.05) is 0 Å². The third-order valence-corrected chi connectivity index (χ3v) is 4.62. The molecule has 0 bridgehead atoms. The number of allylic oxidation sites excluding steroid dienone is 2. The first-order valence-corrected chi connectivity index (χ1v) is 10.6. The van der Waals surface area contributed by atoms with Gasteiger partial charge in [0.05, 0.1) is 0 Å². The highest BCUT2D eigenvalue weighted by molar-refractivity contribution is 4.85. The lowest BCUT2D eigenvalue weighted by Gasteiger charge is -2.02. The molecular weight excluding hydrogens is 264 g/mol. The van der Waals surface area contributed by atoms with Gasteiger partial charge in [-0.15, -0.1) is 0 Å². The highest BCUT2D eigenvalue weighted by Gasteiger charge is 1.92. The molecule has 0 unspecified atom stereocenters. The zero-order valence-corrected chi connectivity index (χ0v) is 15.9. The Morgan fingerprint density at radius 1 is 0.455 bits per heavy atom. The summed E-state index contributed by atoms with van der Waals surface area (Å²) in [5.41, 5.74) is 0. The maximum Gasteiger partial charge on any atom is -0.0351 e. The summed E-state index contributed by atoms with van der Waals surface area (Å²) in [5, 5.41) is 0. The minimum atomic E-state index is 1.32. The second kappa shape index (κ2) is 20.7. The summed E-state index contributed by atoms with van der Waals surface area (Å²) in [7, 11) is 0. The molecule has 0 spiro atoms. The molecule has 1 rings (SSSR count). The Morgan fingerprint density at radius 2 is 0.727 bits per heavy atom. The second-order valence-corrected chi connectivity index (χ2v) is 7.00. The van der Waals surface area contributed by atoms with Crippen molar-refractivity contribution in [3.63, 3.8) is 0 Å². The lowest BCUT2D eigenvalue weighted by Crippen LogP contribution is -1.82. The average molecular weight is 309 g/mol. The van der Waals surface area contributed by atoms with Gasteiger partial charge < -0.3 is 0 Å². The van der Waals surface area contributed by atoms with Gasteiger partial charge in [0.1, 0.15) is 0 Å². The smallest absolute Gasteiger partial charge is 0.0351 e. The van der Waals surface area contributed by atoms with Gasteiger partial charge in [0.2, 0.25) is 0 Å². The first kappa shape index (κ1) is 21.7. The van der Waals surface area contributed by atoms with Crippen molar-refractivity contribution >= 4 is 0 Å². The Bertz CT molecular complexity index is 182. The molecule has 0 N–H and O–H groups in total. The SMILES string of the molecule is C1=CCCCC1.CCCCCCCCCCCCCCCC. The molecule has 0 heterocycles. The summed E-state index contributed by atoms with van der Waals surface area (Å²) >= 11 is 0. The first-order valence-electron chi connectivity index (χ1n) is 10.6. The van der Waals surface area contributed by atoms with Crippen LogP contribution in [0.25, 0.3) is 0 Å². The van der Waals surface area contributed by atoms with E-state index in [2.05, 4.69) is 26.0 Å². The van der Waals surface area contributed by atoms with Crippen LogP contribution in [-0.4, -0.2) is 0 Å². The van der Waals surface area contributed by atoms with Crippen molar-refractivity contribution in [3.05, 3.63) is 12.2 Å². The molecule has 0 nitrogen and oxygen atoms in total. The third kappa shape index (κ3) is 19.7. The number of unbranched alkanes of at least 4 members (excludes halogenated alkanes) is 13. The van der Waals surface area contributed by atoms with E-state index in [0.717, 1.165) is 0 Å². The standard InChI is InChI=1S/C16H34.C6H10/c1-3-5-7-9-11-13-15-16-14-12-10-8-6-4-2;1-2-4-6-5-3-1/h3-16H2,1-2H3;1-2H,3-6H2. The van der Waals surface area contributed by atoms with Crippen molar-refractivity contribution in [3.8, 4) is 0 Å². The molecule has 0 aromatic heterocycles. The van der Waals surface area contributed by atoms with E-state index in [9.17, 15) is 0 Å². The van der Waals surface area contributed by atoms with Gasteiger partial charge in [-0.05, 0) is 25.7 Å². The number of rotatable bonds is 13. The maximum absolute atomic E-state index is 2.29. The summed E-state index contributed by atoms with van der Waals surface area (Å²) in [6.07, 6.45) is 30.4. The van der Waals surface area contributed by atoms with Gasteiger partial charge in [-0.3, -0.25) is 0 Å². The monoisotopic (exact) mass is 308 g/mol. The van der Waals surface area contributed by atoms with Crippen molar-refractivity contribution < 1.29 is 0 Å². The zero-order valence-electron chi connectivity index (χ0n) is 15.9. The largest absolute Gasteiger partial charge is 0.0885 e. The van der Waals surface area contributed by atoms with E-state index in [0.29, 0.717) is 0 Å². The molecule has 0 aliphatic heterocycles. The predicted octanol–water partition coefficient (Wildman–Crippen LogP) is 8.60. The number of hydrogen-bond donors (Lipinski definition) is 0. The summed E-state index contributed by atoms with van der Waals surface area (Å²) in [5.74, 6) is 0. The molecule has 0 saturated carbocycles. The van der Waals surface area contributed by atoms with Crippen molar-refractivity contribution in [2.45, 2.75) is 129 Å². The molecule has 0 atom stereocenters. The number of hydrogen-bond acceptors (Lipinski definition) is 0. The molecular formula is C22H44. The summed E-state index contributed by atoms with van der Waals surface area (Å²) < 4.78 is 0. The van der Waals surface area contributed by atoms with Gasteiger partial charge in [-0.25, -0.2) is 0 Å². The zero-order chi connectivity index (χ0) is 16.1. The normalized spacial score (nSPS) is 13.7.